The zero-order chi connectivity index (χ0) is 19.2. The van der Waals surface area contributed by atoms with Crippen LogP contribution >= 0.6 is 12.6 Å². The highest BCUT2D eigenvalue weighted by Crippen LogP contribution is 2.30. The van der Waals surface area contributed by atoms with Crippen LogP contribution in [0.5, 0.6) is 0 Å². The van der Waals surface area contributed by atoms with Crippen LogP contribution < -0.4 is 16.4 Å². The minimum atomic E-state index is -0.161. The van der Waals surface area contributed by atoms with Crippen molar-refractivity contribution in [1.82, 2.24) is 15.5 Å². The Morgan fingerprint density at radius 2 is 2.27 bits per heavy atom. The first-order valence-corrected chi connectivity index (χ1v) is 10.8. The van der Waals surface area contributed by atoms with Gasteiger partial charge in [-0.2, -0.15) is 12.6 Å². The van der Waals surface area contributed by atoms with Gasteiger partial charge in [0, 0.05) is 37.3 Å². The van der Waals surface area contributed by atoms with Crippen molar-refractivity contribution in [2.45, 2.75) is 76.7 Å². The minimum absolute atomic E-state index is 0.0400. The number of nitrogens with zero attached hydrogens (tertiary/aromatic N) is 1. The topological polar surface area (TPSA) is 79.6 Å². The first-order chi connectivity index (χ1) is 12.4. The van der Waals surface area contributed by atoms with Crippen molar-refractivity contribution in [3.8, 4) is 0 Å². The van der Waals surface area contributed by atoms with E-state index in [1.54, 1.807) is 0 Å². The Morgan fingerprint density at radius 3 is 2.81 bits per heavy atom. The Hall–Kier alpha value is -0.340. The Morgan fingerprint density at radius 1 is 1.50 bits per heavy atom. The fraction of sp³-hybridized carbons (Fsp3) is 0.947. The first-order valence-electron chi connectivity index (χ1n) is 10.2. The van der Waals surface area contributed by atoms with E-state index in [4.69, 9.17) is 10.5 Å². The van der Waals surface area contributed by atoms with Crippen LogP contribution in [-0.4, -0.2) is 66.7 Å². The molecule has 0 amide bonds. The molecule has 0 aliphatic carbocycles. The molecule has 2 fully saturated rings. The molecule has 152 valence electrons. The number of hydrogen-bond acceptors (Lipinski definition) is 7. The molecule has 6 nitrogen and oxygen atoms in total. The van der Waals surface area contributed by atoms with Crippen molar-refractivity contribution < 1.29 is 9.53 Å². The second kappa shape index (κ2) is 10.3. The van der Waals surface area contributed by atoms with Gasteiger partial charge < -0.3 is 15.8 Å². The van der Waals surface area contributed by atoms with Gasteiger partial charge in [-0.3, -0.25) is 15.0 Å². The predicted octanol–water partition coefficient (Wildman–Crippen LogP) is 1.36. The number of rotatable bonds is 10. The lowest BCUT2D eigenvalue weighted by Gasteiger charge is -2.48. The van der Waals surface area contributed by atoms with E-state index in [9.17, 15) is 4.79 Å². The van der Waals surface area contributed by atoms with Gasteiger partial charge in [0.2, 0.25) is 0 Å². The summed E-state index contributed by atoms with van der Waals surface area (Å²) in [7, 11) is 0. The standard InChI is InChI=1S/C19H38N4O2S/c1-4-14(2)16(21-11-15(20)13-26)12-23(17-7-10-25-18(17)24)19(3)8-5-6-9-22-19/h14-17,21-22,26H,4-13,20H2,1-3H3/t14?,15-,16-,17+,19?/m1/s1. The van der Waals surface area contributed by atoms with E-state index in [1.807, 2.05) is 0 Å². The quantitative estimate of drug-likeness (QED) is 0.335. The van der Waals surface area contributed by atoms with Crippen molar-refractivity contribution in [2.75, 3.05) is 32.0 Å². The molecule has 7 heteroatoms. The molecule has 0 aromatic rings. The highest BCUT2D eigenvalue weighted by molar-refractivity contribution is 7.80. The minimum Gasteiger partial charge on any atom is -0.464 e. The maximum atomic E-state index is 12.4. The van der Waals surface area contributed by atoms with Gasteiger partial charge in [0.25, 0.3) is 0 Å². The smallest absolute Gasteiger partial charge is 0.323 e. The monoisotopic (exact) mass is 386 g/mol. The van der Waals surface area contributed by atoms with Crippen LogP contribution in [0, 0.1) is 5.92 Å². The number of nitrogens with two attached hydrogens (primary N) is 1. The number of piperidine rings is 1. The van der Waals surface area contributed by atoms with E-state index in [0.717, 1.165) is 38.9 Å². The molecule has 2 aliphatic rings. The van der Waals surface area contributed by atoms with Crippen molar-refractivity contribution in [2.24, 2.45) is 11.7 Å². The lowest BCUT2D eigenvalue weighted by atomic mass is 9.92. The molecule has 2 rings (SSSR count). The zero-order valence-electron chi connectivity index (χ0n) is 16.7. The fourth-order valence-electron chi connectivity index (χ4n) is 4.04. The van der Waals surface area contributed by atoms with Crippen LogP contribution in [0.4, 0.5) is 0 Å². The SMILES string of the molecule is CCC(C)[C@@H](CN([C@H]1CCOC1=O)C1(C)CCCCN1)NC[C@@H](N)CS. The fourth-order valence-corrected chi connectivity index (χ4v) is 4.16. The van der Waals surface area contributed by atoms with Gasteiger partial charge in [0.1, 0.15) is 6.04 Å². The van der Waals surface area contributed by atoms with Gasteiger partial charge in [0.05, 0.1) is 12.3 Å². The molecule has 0 saturated carbocycles. The van der Waals surface area contributed by atoms with Gasteiger partial charge in [-0.25, -0.2) is 0 Å². The molecular formula is C19H38N4O2S. The van der Waals surface area contributed by atoms with Gasteiger partial charge >= 0.3 is 5.97 Å². The predicted molar refractivity (Wildman–Crippen MR) is 109 cm³/mol. The van der Waals surface area contributed by atoms with Gasteiger partial charge in [-0.05, 0) is 38.6 Å². The van der Waals surface area contributed by atoms with Gasteiger partial charge in [0.15, 0.2) is 0 Å². The number of ether oxygens (including phenoxy) is 1. The largest absolute Gasteiger partial charge is 0.464 e. The summed E-state index contributed by atoms with van der Waals surface area (Å²) in [5.41, 5.74) is 5.91. The summed E-state index contributed by atoms with van der Waals surface area (Å²) in [6.45, 7) is 9.81. The molecule has 26 heavy (non-hydrogen) atoms. The number of thiol groups is 1. The van der Waals surface area contributed by atoms with Gasteiger partial charge in [-0.1, -0.05) is 20.3 Å². The lowest BCUT2D eigenvalue weighted by molar-refractivity contribution is -0.145. The Labute approximate surface area is 164 Å². The third kappa shape index (κ3) is 5.58. The highest BCUT2D eigenvalue weighted by Gasteiger charge is 2.44. The van der Waals surface area contributed by atoms with Crippen LogP contribution in [-0.2, 0) is 9.53 Å². The molecule has 0 bridgehead atoms. The summed E-state index contributed by atoms with van der Waals surface area (Å²) >= 11 is 4.30. The summed E-state index contributed by atoms with van der Waals surface area (Å²) in [4.78, 5) is 14.8. The Balaban J connectivity index is 2.17. The van der Waals surface area contributed by atoms with E-state index >= 15 is 0 Å². The van der Waals surface area contributed by atoms with Crippen LogP contribution in [0.1, 0.15) is 52.9 Å². The normalized spacial score (nSPS) is 30.2. The summed E-state index contributed by atoms with van der Waals surface area (Å²) in [6.07, 6.45) is 5.30. The van der Waals surface area contributed by atoms with E-state index in [1.165, 1.54) is 12.8 Å². The van der Waals surface area contributed by atoms with E-state index < -0.39 is 0 Å². The first kappa shape index (κ1) is 22.0. The number of esters is 1. The number of hydrogen-bond donors (Lipinski definition) is 4. The molecule has 5 atom stereocenters. The third-order valence-corrected chi connectivity index (χ3v) is 6.58. The highest BCUT2D eigenvalue weighted by atomic mass is 32.1. The zero-order valence-corrected chi connectivity index (χ0v) is 17.6. The average Bonchev–Trinajstić information content (AvgIpc) is 3.06. The molecule has 0 aromatic carbocycles. The molecule has 0 aromatic heterocycles. The third-order valence-electron chi connectivity index (χ3n) is 6.11. The number of nitrogens with one attached hydrogen (secondary N) is 2. The summed E-state index contributed by atoms with van der Waals surface area (Å²) in [5.74, 6) is 1.08. The van der Waals surface area contributed by atoms with E-state index in [2.05, 4.69) is 48.9 Å². The number of carbonyl (C=O) groups excluding carboxylic acids is 1. The van der Waals surface area contributed by atoms with Crippen molar-refractivity contribution in [3.05, 3.63) is 0 Å². The second-order valence-corrected chi connectivity index (χ2v) is 8.49. The van der Waals surface area contributed by atoms with Crippen molar-refractivity contribution in [1.29, 1.82) is 0 Å². The number of cyclic esters (lactones) is 1. The Kier molecular flexibility index (Phi) is 8.67. The molecule has 2 unspecified atom stereocenters. The number of carbonyl (C=O) groups is 1. The maximum absolute atomic E-state index is 12.4. The van der Waals surface area contributed by atoms with Gasteiger partial charge in [-0.15, -0.1) is 0 Å². The molecule has 0 spiro atoms. The summed E-state index contributed by atoms with van der Waals surface area (Å²) in [5, 5.41) is 7.34. The van der Waals surface area contributed by atoms with Crippen LogP contribution in [0.2, 0.25) is 0 Å². The molecule has 2 aliphatic heterocycles. The summed E-state index contributed by atoms with van der Waals surface area (Å²) < 4.78 is 5.31. The van der Waals surface area contributed by atoms with Crippen LogP contribution in [0.25, 0.3) is 0 Å². The van der Waals surface area contributed by atoms with Crippen molar-refractivity contribution >= 4 is 18.6 Å². The molecule has 2 saturated heterocycles. The molecule has 2 heterocycles. The van der Waals surface area contributed by atoms with E-state index in [0.29, 0.717) is 18.3 Å². The molecular weight excluding hydrogens is 348 g/mol. The summed E-state index contributed by atoms with van der Waals surface area (Å²) in [6, 6.07) is 0.163. The second-order valence-electron chi connectivity index (χ2n) is 8.12. The van der Waals surface area contributed by atoms with Crippen molar-refractivity contribution in [3.63, 3.8) is 0 Å². The Bertz CT molecular complexity index is 445. The van der Waals surface area contributed by atoms with Crippen LogP contribution in [0.3, 0.4) is 0 Å². The molecule has 0 radical (unpaired) electrons. The lowest BCUT2D eigenvalue weighted by Crippen LogP contribution is -2.65. The average molecular weight is 387 g/mol. The molecule has 4 N–H and O–H groups in total. The van der Waals surface area contributed by atoms with E-state index in [-0.39, 0.29) is 29.8 Å². The maximum Gasteiger partial charge on any atom is 0.323 e. The van der Waals surface area contributed by atoms with Crippen LogP contribution in [0.15, 0.2) is 0 Å².